The van der Waals surface area contributed by atoms with E-state index >= 15 is 0 Å². The van der Waals surface area contributed by atoms with Crippen LogP contribution < -0.4 is 5.32 Å². The number of hydrogen-bond acceptors (Lipinski definition) is 2. The third kappa shape index (κ3) is 4.77. The van der Waals surface area contributed by atoms with Crippen LogP contribution in [0.15, 0.2) is 11.6 Å². The number of hydrogen-bond donors (Lipinski definition) is 1. The molecule has 0 radical (unpaired) electrons. The molecule has 0 aromatic heterocycles. The van der Waals surface area contributed by atoms with Gasteiger partial charge in [0.1, 0.15) is 0 Å². The molecule has 14 heavy (non-hydrogen) atoms. The van der Waals surface area contributed by atoms with Crippen molar-refractivity contribution in [1.29, 1.82) is 0 Å². The van der Waals surface area contributed by atoms with Gasteiger partial charge in [-0.2, -0.15) is 0 Å². The van der Waals surface area contributed by atoms with E-state index in [2.05, 4.69) is 39.1 Å². The van der Waals surface area contributed by atoms with Gasteiger partial charge in [0.15, 0.2) is 0 Å². The van der Waals surface area contributed by atoms with Gasteiger partial charge in [0.2, 0.25) is 0 Å². The predicted octanol–water partition coefficient (Wildman–Crippen LogP) is 2.36. The van der Waals surface area contributed by atoms with Crippen LogP contribution in [0.2, 0.25) is 0 Å². The fourth-order valence-electron chi connectivity index (χ4n) is 1.55. The van der Waals surface area contributed by atoms with Gasteiger partial charge in [-0.25, -0.2) is 0 Å². The highest BCUT2D eigenvalue weighted by molar-refractivity contribution is 5.04. The van der Waals surface area contributed by atoms with Crippen LogP contribution in [-0.4, -0.2) is 25.3 Å². The largest absolute Gasteiger partial charge is 0.381 e. The van der Waals surface area contributed by atoms with Crippen LogP contribution in [-0.2, 0) is 4.74 Å². The first-order valence-electron chi connectivity index (χ1n) is 5.47. The minimum Gasteiger partial charge on any atom is -0.381 e. The Morgan fingerprint density at radius 1 is 1.50 bits per heavy atom. The Morgan fingerprint density at radius 2 is 2.21 bits per heavy atom. The number of ether oxygens (including phenoxy) is 1. The van der Waals surface area contributed by atoms with Crippen molar-refractivity contribution >= 4 is 0 Å². The lowest BCUT2D eigenvalue weighted by atomic mass is 10.0. The molecule has 82 valence electrons. The summed E-state index contributed by atoms with van der Waals surface area (Å²) in [5.74, 6) is 0.650. The SMILES string of the molecule is CC(=CC1CCOC1)CNC(C)(C)C. The van der Waals surface area contributed by atoms with Gasteiger partial charge in [0.25, 0.3) is 0 Å². The van der Waals surface area contributed by atoms with Crippen molar-refractivity contribution < 1.29 is 4.74 Å². The Kier molecular flexibility index (Phi) is 4.14. The topological polar surface area (TPSA) is 21.3 Å². The highest BCUT2D eigenvalue weighted by Crippen LogP contribution is 2.15. The summed E-state index contributed by atoms with van der Waals surface area (Å²) in [6, 6.07) is 0. The zero-order valence-electron chi connectivity index (χ0n) is 9.89. The number of rotatable bonds is 3. The van der Waals surface area contributed by atoms with Crippen molar-refractivity contribution in [3.8, 4) is 0 Å². The van der Waals surface area contributed by atoms with Crippen LogP contribution in [0.5, 0.6) is 0 Å². The van der Waals surface area contributed by atoms with E-state index in [0.29, 0.717) is 5.92 Å². The van der Waals surface area contributed by atoms with Crippen molar-refractivity contribution in [2.75, 3.05) is 19.8 Å². The Bertz CT molecular complexity index is 197. The zero-order valence-corrected chi connectivity index (χ0v) is 9.89. The van der Waals surface area contributed by atoms with Crippen LogP contribution >= 0.6 is 0 Å². The average molecular weight is 197 g/mol. The first kappa shape index (κ1) is 11.7. The standard InChI is InChI=1S/C12H23NO/c1-10(8-13-12(2,3)4)7-11-5-6-14-9-11/h7,11,13H,5-6,8-9H2,1-4H3. The summed E-state index contributed by atoms with van der Waals surface area (Å²) >= 11 is 0. The average Bonchev–Trinajstić information content (AvgIpc) is 2.52. The monoisotopic (exact) mass is 197 g/mol. The molecule has 1 N–H and O–H groups in total. The van der Waals surface area contributed by atoms with Crippen LogP contribution in [0.1, 0.15) is 34.1 Å². The molecule has 1 atom stereocenters. The van der Waals surface area contributed by atoms with E-state index in [-0.39, 0.29) is 5.54 Å². The van der Waals surface area contributed by atoms with Crippen molar-refractivity contribution in [1.82, 2.24) is 5.32 Å². The summed E-state index contributed by atoms with van der Waals surface area (Å²) in [5, 5.41) is 3.49. The zero-order chi connectivity index (χ0) is 10.6. The molecule has 1 rings (SSSR count). The third-order valence-corrected chi connectivity index (χ3v) is 2.38. The second-order valence-electron chi connectivity index (χ2n) is 5.24. The van der Waals surface area contributed by atoms with Gasteiger partial charge in [-0.3, -0.25) is 0 Å². The van der Waals surface area contributed by atoms with Crippen molar-refractivity contribution in [2.45, 2.75) is 39.7 Å². The fraction of sp³-hybridized carbons (Fsp3) is 0.833. The molecular formula is C12H23NO. The molecule has 0 spiro atoms. The van der Waals surface area contributed by atoms with Gasteiger partial charge >= 0.3 is 0 Å². The van der Waals surface area contributed by atoms with Crippen LogP contribution in [0.25, 0.3) is 0 Å². The predicted molar refractivity (Wildman–Crippen MR) is 60.4 cm³/mol. The fourth-order valence-corrected chi connectivity index (χ4v) is 1.55. The highest BCUT2D eigenvalue weighted by Gasteiger charge is 2.13. The third-order valence-electron chi connectivity index (χ3n) is 2.38. The van der Waals surface area contributed by atoms with Gasteiger partial charge in [0, 0.05) is 24.6 Å². The second-order valence-corrected chi connectivity index (χ2v) is 5.24. The van der Waals surface area contributed by atoms with Crippen molar-refractivity contribution in [3.63, 3.8) is 0 Å². The van der Waals surface area contributed by atoms with Crippen molar-refractivity contribution in [3.05, 3.63) is 11.6 Å². The van der Waals surface area contributed by atoms with E-state index in [1.807, 2.05) is 0 Å². The quantitative estimate of drug-likeness (QED) is 0.701. The summed E-state index contributed by atoms with van der Waals surface area (Å²) in [5.41, 5.74) is 1.64. The first-order valence-corrected chi connectivity index (χ1v) is 5.47. The van der Waals surface area contributed by atoms with E-state index in [1.165, 1.54) is 12.0 Å². The number of nitrogens with one attached hydrogen (secondary N) is 1. The van der Waals surface area contributed by atoms with Crippen LogP contribution in [0.4, 0.5) is 0 Å². The molecule has 0 bridgehead atoms. The molecule has 0 aromatic rings. The molecule has 1 aliphatic rings. The van der Waals surface area contributed by atoms with Gasteiger partial charge in [0.05, 0.1) is 6.61 Å². The summed E-state index contributed by atoms with van der Waals surface area (Å²) in [6.45, 7) is 11.6. The Morgan fingerprint density at radius 3 is 2.71 bits per heavy atom. The smallest absolute Gasteiger partial charge is 0.0529 e. The molecule has 2 nitrogen and oxygen atoms in total. The molecule has 0 saturated carbocycles. The van der Waals surface area contributed by atoms with Gasteiger partial charge in [-0.15, -0.1) is 0 Å². The molecule has 1 heterocycles. The van der Waals surface area contributed by atoms with Crippen LogP contribution in [0, 0.1) is 5.92 Å². The molecule has 0 aliphatic carbocycles. The minimum absolute atomic E-state index is 0.210. The van der Waals surface area contributed by atoms with Gasteiger partial charge < -0.3 is 10.1 Å². The maximum atomic E-state index is 5.34. The van der Waals surface area contributed by atoms with Crippen LogP contribution in [0.3, 0.4) is 0 Å². The lowest BCUT2D eigenvalue weighted by Crippen LogP contribution is -2.36. The minimum atomic E-state index is 0.210. The van der Waals surface area contributed by atoms with Gasteiger partial charge in [-0.1, -0.05) is 11.6 Å². The van der Waals surface area contributed by atoms with Crippen molar-refractivity contribution in [2.24, 2.45) is 5.92 Å². The molecule has 0 amide bonds. The molecule has 1 unspecified atom stereocenters. The summed E-state index contributed by atoms with van der Waals surface area (Å²) in [4.78, 5) is 0. The van der Waals surface area contributed by atoms with E-state index in [0.717, 1.165) is 19.8 Å². The Balaban J connectivity index is 2.29. The van der Waals surface area contributed by atoms with E-state index < -0.39 is 0 Å². The maximum absolute atomic E-state index is 5.34. The highest BCUT2D eigenvalue weighted by atomic mass is 16.5. The maximum Gasteiger partial charge on any atom is 0.0529 e. The molecule has 1 saturated heterocycles. The molecule has 1 aliphatic heterocycles. The molecule has 0 aromatic carbocycles. The lowest BCUT2D eigenvalue weighted by molar-refractivity contribution is 0.191. The molecular weight excluding hydrogens is 174 g/mol. The first-order chi connectivity index (χ1) is 6.47. The summed E-state index contributed by atoms with van der Waals surface area (Å²) in [6.07, 6.45) is 3.54. The van der Waals surface area contributed by atoms with E-state index in [4.69, 9.17) is 4.74 Å². The normalized spacial score (nSPS) is 24.3. The molecule has 1 fully saturated rings. The van der Waals surface area contributed by atoms with E-state index in [9.17, 15) is 0 Å². The second kappa shape index (κ2) is 4.94. The van der Waals surface area contributed by atoms with Gasteiger partial charge in [-0.05, 0) is 34.1 Å². The Labute approximate surface area is 87.7 Å². The van der Waals surface area contributed by atoms with E-state index in [1.54, 1.807) is 0 Å². The summed E-state index contributed by atoms with van der Waals surface area (Å²) < 4.78 is 5.34. The summed E-state index contributed by atoms with van der Waals surface area (Å²) in [7, 11) is 0. The molecule has 2 heteroatoms. The lowest BCUT2D eigenvalue weighted by Gasteiger charge is -2.21. The Hall–Kier alpha value is -0.340.